The summed E-state index contributed by atoms with van der Waals surface area (Å²) in [6.45, 7) is 4.63. The lowest BCUT2D eigenvalue weighted by Gasteiger charge is -2.68. The summed E-state index contributed by atoms with van der Waals surface area (Å²) >= 11 is 0. The number of aliphatic hydroxyl groups excluding tert-OH is 2. The number of piperidine rings is 1. The Morgan fingerprint density at radius 2 is 1.87 bits per heavy atom. The second-order valence-corrected chi connectivity index (χ2v) is 11.6. The van der Waals surface area contributed by atoms with Crippen molar-refractivity contribution in [2.75, 3.05) is 41.0 Å². The third-order valence-electron chi connectivity index (χ3n) is 11.1. The maximum Gasteiger partial charge on any atom is 0.0796 e. The van der Waals surface area contributed by atoms with E-state index < -0.39 is 17.8 Å². The van der Waals surface area contributed by atoms with Crippen LogP contribution in [-0.2, 0) is 14.2 Å². The third-order valence-corrected chi connectivity index (χ3v) is 11.1. The minimum atomic E-state index is -1.05. The fourth-order valence-electron chi connectivity index (χ4n) is 10.7. The van der Waals surface area contributed by atoms with E-state index in [1.807, 2.05) is 0 Å². The van der Waals surface area contributed by atoms with Crippen LogP contribution in [0.2, 0.25) is 0 Å². The van der Waals surface area contributed by atoms with Crippen molar-refractivity contribution < 1.29 is 29.5 Å². The van der Waals surface area contributed by atoms with Crippen molar-refractivity contribution in [1.82, 2.24) is 4.90 Å². The molecule has 5 aliphatic carbocycles. The second-order valence-electron chi connectivity index (χ2n) is 11.6. The molecule has 1 saturated heterocycles. The van der Waals surface area contributed by atoms with E-state index in [1.54, 1.807) is 21.3 Å². The van der Waals surface area contributed by atoms with Crippen LogP contribution in [0.4, 0.5) is 0 Å². The SMILES string of the molecule is CCN1C[C@@]2(COC)CC[C@@H](O)[C@@]34[C@@H]1C([C@@H](OC)[C@@H]23)[C@]1(O)C[C@@H](OC)[C@@H]2C[C@H]4[C@H]1[C@@H]2O. The maximum atomic E-state index is 12.5. The predicted octanol–water partition coefficient (Wildman–Crippen LogP) is 0.502. The Morgan fingerprint density at radius 1 is 1.10 bits per heavy atom. The first kappa shape index (κ1) is 21.3. The van der Waals surface area contributed by atoms with Crippen LogP contribution < -0.4 is 0 Å². The summed E-state index contributed by atoms with van der Waals surface area (Å²) in [5.41, 5.74) is -1.54. The Morgan fingerprint density at radius 3 is 2.52 bits per heavy atom. The minimum Gasteiger partial charge on any atom is -0.392 e. The van der Waals surface area contributed by atoms with Gasteiger partial charge in [-0.2, -0.15) is 0 Å². The Bertz CT molecular complexity index is 752. The van der Waals surface area contributed by atoms with Crippen LogP contribution >= 0.6 is 0 Å². The zero-order chi connectivity index (χ0) is 21.9. The molecule has 176 valence electrons. The fraction of sp³-hybridized carbons (Fsp3) is 1.00. The van der Waals surface area contributed by atoms with Gasteiger partial charge in [-0.3, -0.25) is 4.90 Å². The summed E-state index contributed by atoms with van der Waals surface area (Å²) in [6.07, 6.45) is 1.65. The Balaban J connectivity index is 1.62. The first-order valence-electron chi connectivity index (χ1n) is 12.2. The summed E-state index contributed by atoms with van der Waals surface area (Å²) in [6, 6.07) is 0.0561. The van der Waals surface area contributed by atoms with Crippen molar-refractivity contribution >= 4 is 0 Å². The van der Waals surface area contributed by atoms with Gasteiger partial charge in [0.15, 0.2) is 0 Å². The molecular weight excluding hydrogens is 398 g/mol. The van der Waals surface area contributed by atoms with Gasteiger partial charge in [-0.05, 0) is 31.7 Å². The van der Waals surface area contributed by atoms with Crippen molar-refractivity contribution in [1.29, 1.82) is 0 Å². The van der Waals surface area contributed by atoms with Gasteiger partial charge in [-0.25, -0.2) is 0 Å². The molecule has 6 fully saturated rings. The van der Waals surface area contributed by atoms with E-state index in [-0.39, 0.29) is 58.7 Å². The number of methoxy groups -OCH3 is 3. The van der Waals surface area contributed by atoms with Gasteiger partial charge in [0.1, 0.15) is 0 Å². The van der Waals surface area contributed by atoms with Gasteiger partial charge in [-0.1, -0.05) is 6.92 Å². The molecule has 7 bridgehead atoms. The van der Waals surface area contributed by atoms with Crippen molar-refractivity contribution in [3.05, 3.63) is 0 Å². The fourth-order valence-corrected chi connectivity index (χ4v) is 10.7. The predicted molar refractivity (Wildman–Crippen MR) is 112 cm³/mol. The average molecular weight is 438 g/mol. The van der Waals surface area contributed by atoms with Crippen LogP contribution in [0.5, 0.6) is 0 Å². The number of rotatable bonds is 5. The van der Waals surface area contributed by atoms with Crippen LogP contribution in [0.3, 0.4) is 0 Å². The molecule has 0 radical (unpaired) electrons. The molecule has 0 amide bonds. The van der Waals surface area contributed by atoms with Gasteiger partial charge in [0, 0.05) is 74.8 Å². The number of aliphatic hydroxyl groups is 3. The highest BCUT2D eigenvalue weighted by molar-refractivity contribution is 5.35. The number of hydrogen-bond donors (Lipinski definition) is 3. The Hall–Kier alpha value is -0.280. The Labute approximate surface area is 185 Å². The number of ether oxygens (including phenoxy) is 3. The topological polar surface area (TPSA) is 91.6 Å². The molecule has 1 unspecified atom stereocenters. The summed E-state index contributed by atoms with van der Waals surface area (Å²) in [7, 11) is 5.24. The summed E-state index contributed by atoms with van der Waals surface area (Å²) in [4.78, 5) is 2.52. The van der Waals surface area contributed by atoms with Crippen LogP contribution in [0.1, 0.15) is 32.6 Å². The third kappa shape index (κ3) is 2.12. The molecule has 31 heavy (non-hydrogen) atoms. The van der Waals surface area contributed by atoms with Gasteiger partial charge in [-0.15, -0.1) is 0 Å². The van der Waals surface area contributed by atoms with Gasteiger partial charge < -0.3 is 29.5 Å². The molecule has 6 rings (SSSR count). The molecule has 0 aromatic rings. The lowest BCUT2D eigenvalue weighted by Crippen LogP contribution is -2.76. The molecule has 0 aromatic heterocycles. The normalized spacial score (nSPS) is 61.6. The number of hydrogen-bond acceptors (Lipinski definition) is 7. The molecule has 3 N–H and O–H groups in total. The van der Waals surface area contributed by atoms with Crippen molar-refractivity contribution in [2.24, 2.45) is 40.4 Å². The molecule has 7 heteroatoms. The highest BCUT2D eigenvalue weighted by atomic mass is 16.5. The Kier molecular flexibility index (Phi) is 4.56. The van der Waals surface area contributed by atoms with Gasteiger partial charge in [0.25, 0.3) is 0 Å². The summed E-state index contributed by atoms with van der Waals surface area (Å²) in [5, 5.41) is 35.7. The first-order chi connectivity index (χ1) is 14.9. The monoisotopic (exact) mass is 437 g/mol. The molecule has 1 spiro atoms. The van der Waals surface area contributed by atoms with Gasteiger partial charge >= 0.3 is 0 Å². The number of nitrogens with zero attached hydrogens (tertiary/aromatic N) is 1. The molecule has 5 saturated carbocycles. The maximum absolute atomic E-state index is 12.5. The van der Waals surface area contributed by atoms with Crippen molar-refractivity contribution in [2.45, 2.75) is 68.7 Å². The largest absolute Gasteiger partial charge is 0.392 e. The van der Waals surface area contributed by atoms with E-state index in [0.717, 1.165) is 32.4 Å². The van der Waals surface area contributed by atoms with Gasteiger partial charge in [0.05, 0.1) is 36.6 Å². The van der Waals surface area contributed by atoms with E-state index in [0.29, 0.717) is 13.0 Å². The second kappa shape index (κ2) is 6.65. The molecule has 7 nitrogen and oxygen atoms in total. The van der Waals surface area contributed by atoms with Crippen molar-refractivity contribution in [3.63, 3.8) is 0 Å². The van der Waals surface area contributed by atoms with Crippen LogP contribution in [0.15, 0.2) is 0 Å². The highest BCUT2D eigenvalue weighted by Crippen LogP contribution is 2.79. The molecule has 1 aliphatic heterocycles. The average Bonchev–Trinajstić information content (AvgIpc) is 3.16. The lowest BCUT2D eigenvalue weighted by atomic mass is 9.43. The zero-order valence-electron chi connectivity index (χ0n) is 19.2. The summed E-state index contributed by atoms with van der Waals surface area (Å²) < 4.78 is 18.0. The smallest absolute Gasteiger partial charge is 0.0796 e. The zero-order valence-corrected chi connectivity index (χ0v) is 19.2. The molecule has 6 aliphatic rings. The van der Waals surface area contributed by atoms with Crippen LogP contribution in [-0.4, -0.2) is 97.3 Å². The van der Waals surface area contributed by atoms with Crippen LogP contribution in [0.25, 0.3) is 0 Å². The van der Waals surface area contributed by atoms with Crippen LogP contribution in [0, 0.1) is 40.4 Å². The number of fused-ring (bicyclic) bond motifs is 2. The lowest BCUT2D eigenvalue weighted by molar-refractivity contribution is -0.272. The molecule has 0 aromatic carbocycles. The molecule has 1 heterocycles. The van der Waals surface area contributed by atoms with Crippen molar-refractivity contribution in [3.8, 4) is 0 Å². The van der Waals surface area contributed by atoms with E-state index in [4.69, 9.17) is 14.2 Å². The quantitative estimate of drug-likeness (QED) is 0.577. The standard InChI is InChI=1S/C24H39NO6/c1-5-25-10-22(11-29-2)7-6-15(26)24-13-8-12-14(30-3)9-23(28,16(13)18(12)27)17(21(24)25)19(31-4)20(22)24/h12-21,26-28H,5-11H2,1-4H3/t12-,13-,14+,15+,16-,17?,18+,19+,20-,21-,22+,23-,24+/m0/s1. The summed E-state index contributed by atoms with van der Waals surface area (Å²) in [5.74, 6) is -0.168. The van der Waals surface area contributed by atoms with Gasteiger partial charge in [0.2, 0.25) is 0 Å². The number of likely N-dealkylation sites (tertiary alicyclic amines) is 1. The molecule has 13 atom stereocenters. The van der Waals surface area contributed by atoms with E-state index in [9.17, 15) is 15.3 Å². The molecular formula is C24H39NO6. The minimum absolute atomic E-state index is 0.0248. The van der Waals surface area contributed by atoms with E-state index in [2.05, 4.69) is 11.8 Å². The van der Waals surface area contributed by atoms with E-state index in [1.165, 1.54) is 0 Å². The first-order valence-corrected chi connectivity index (χ1v) is 12.2. The van der Waals surface area contributed by atoms with E-state index >= 15 is 0 Å². The highest BCUT2D eigenvalue weighted by Gasteiger charge is 2.86.